The van der Waals surface area contributed by atoms with Crippen molar-refractivity contribution in [3.8, 4) is 11.4 Å². The number of benzene rings is 2. The Hall–Kier alpha value is -3.30. The molecule has 0 atom stereocenters. The lowest BCUT2D eigenvalue weighted by atomic mass is 10.3. The number of nitrogens with one attached hydrogen (secondary N) is 1. The normalized spacial score (nSPS) is 10.8. The summed E-state index contributed by atoms with van der Waals surface area (Å²) in [4.78, 5) is 12.6. The van der Waals surface area contributed by atoms with Gasteiger partial charge in [0.1, 0.15) is 18.2 Å². The number of halogens is 1. The summed E-state index contributed by atoms with van der Waals surface area (Å²) < 4.78 is 9.25. The van der Waals surface area contributed by atoms with Crippen LogP contribution in [0.2, 0.25) is 5.02 Å². The Labute approximate surface area is 194 Å². The van der Waals surface area contributed by atoms with Crippen molar-refractivity contribution < 1.29 is 9.53 Å². The van der Waals surface area contributed by atoms with Crippen molar-refractivity contribution in [1.82, 2.24) is 24.5 Å². The molecular weight excluding hydrogens is 448 g/mol. The molecule has 1 N–H and O–H groups in total. The number of nitrogens with zero attached hydrogens (tertiary/aromatic N) is 5. The molecule has 2 aromatic carbocycles. The maximum Gasteiger partial charge on any atom is 0.236 e. The van der Waals surface area contributed by atoms with Crippen molar-refractivity contribution in [2.45, 2.75) is 18.7 Å². The lowest BCUT2D eigenvalue weighted by Crippen LogP contribution is -2.17. The van der Waals surface area contributed by atoms with Gasteiger partial charge in [-0.05, 0) is 43.3 Å². The summed E-state index contributed by atoms with van der Waals surface area (Å²) in [6.45, 7) is 2.14. The molecule has 0 saturated heterocycles. The smallest absolute Gasteiger partial charge is 0.236 e. The van der Waals surface area contributed by atoms with Crippen LogP contribution in [0, 0.1) is 6.92 Å². The van der Waals surface area contributed by atoms with Gasteiger partial charge >= 0.3 is 0 Å². The van der Waals surface area contributed by atoms with E-state index in [0.29, 0.717) is 27.6 Å². The molecule has 1 amide bonds. The maximum absolute atomic E-state index is 12.6. The van der Waals surface area contributed by atoms with Gasteiger partial charge in [0.2, 0.25) is 5.91 Å². The highest BCUT2D eigenvalue weighted by atomic mass is 35.5. The van der Waals surface area contributed by atoms with Crippen LogP contribution in [-0.4, -0.2) is 36.2 Å². The molecule has 10 heteroatoms. The lowest BCUT2D eigenvalue weighted by molar-refractivity contribution is -0.113. The Balaban J connectivity index is 1.34. The fraction of sp³-hybridized carbons (Fsp3) is 0.182. The maximum atomic E-state index is 12.6. The standard InChI is InChI=1S/C22H21ClN6O2S/c1-15-12-19(29(27-15)17-6-4-3-5-7-17)24-21(30)14-32-22-26-25-20(28(22)2)13-31-18-10-8-16(23)9-11-18/h3-12H,13-14H2,1-2H3,(H,24,30). The minimum Gasteiger partial charge on any atom is -0.486 e. The van der Waals surface area contributed by atoms with Gasteiger partial charge in [-0.2, -0.15) is 5.10 Å². The second-order valence-electron chi connectivity index (χ2n) is 6.96. The SMILES string of the molecule is Cc1cc(NC(=O)CSc2nnc(COc3ccc(Cl)cc3)n2C)n(-c2ccccc2)n1. The van der Waals surface area contributed by atoms with E-state index in [2.05, 4.69) is 20.6 Å². The van der Waals surface area contributed by atoms with E-state index >= 15 is 0 Å². The average Bonchev–Trinajstić information content (AvgIpc) is 3.34. The van der Waals surface area contributed by atoms with Gasteiger partial charge in [0.25, 0.3) is 0 Å². The van der Waals surface area contributed by atoms with Crippen LogP contribution in [0.1, 0.15) is 11.5 Å². The van der Waals surface area contributed by atoms with Crippen molar-refractivity contribution >= 4 is 35.1 Å². The van der Waals surface area contributed by atoms with Crippen LogP contribution >= 0.6 is 23.4 Å². The van der Waals surface area contributed by atoms with Gasteiger partial charge in [0.15, 0.2) is 11.0 Å². The van der Waals surface area contributed by atoms with Crippen molar-refractivity contribution in [2.24, 2.45) is 7.05 Å². The van der Waals surface area contributed by atoms with Crippen LogP contribution in [-0.2, 0) is 18.4 Å². The first-order valence-corrected chi connectivity index (χ1v) is 11.2. The molecule has 2 heterocycles. The van der Waals surface area contributed by atoms with Gasteiger partial charge in [0, 0.05) is 18.1 Å². The zero-order valence-electron chi connectivity index (χ0n) is 17.5. The van der Waals surface area contributed by atoms with E-state index in [1.54, 1.807) is 28.9 Å². The number of aromatic nitrogens is 5. The Morgan fingerprint density at radius 2 is 1.88 bits per heavy atom. The summed E-state index contributed by atoms with van der Waals surface area (Å²) in [6.07, 6.45) is 0. The largest absolute Gasteiger partial charge is 0.486 e. The molecule has 0 aliphatic rings. The number of hydrogen-bond donors (Lipinski definition) is 1. The molecule has 0 fully saturated rings. The summed E-state index contributed by atoms with van der Waals surface area (Å²) >= 11 is 7.19. The van der Waals surface area contributed by atoms with Gasteiger partial charge in [0.05, 0.1) is 17.1 Å². The molecule has 0 aliphatic heterocycles. The van der Waals surface area contributed by atoms with E-state index in [9.17, 15) is 4.79 Å². The van der Waals surface area contributed by atoms with Crippen LogP contribution in [0.5, 0.6) is 5.75 Å². The minimum atomic E-state index is -0.158. The van der Waals surface area contributed by atoms with Crippen molar-refractivity contribution in [3.05, 3.63) is 77.2 Å². The molecule has 0 aliphatic carbocycles. The molecular formula is C22H21ClN6O2S. The first kappa shape index (κ1) is 21.9. The van der Waals surface area contributed by atoms with Crippen LogP contribution in [0.15, 0.2) is 65.8 Å². The summed E-state index contributed by atoms with van der Waals surface area (Å²) in [5.41, 5.74) is 1.69. The van der Waals surface area contributed by atoms with Crippen LogP contribution in [0.4, 0.5) is 5.82 Å². The molecule has 164 valence electrons. The van der Waals surface area contributed by atoms with E-state index in [1.807, 2.05) is 54.9 Å². The topological polar surface area (TPSA) is 86.9 Å². The molecule has 4 rings (SSSR count). The number of rotatable bonds is 8. The minimum absolute atomic E-state index is 0.158. The number of para-hydroxylation sites is 1. The second-order valence-corrected chi connectivity index (χ2v) is 8.33. The summed E-state index contributed by atoms with van der Waals surface area (Å²) in [5, 5.41) is 17.0. The van der Waals surface area contributed by atoms with Crippen LogP contribution < -0.4 is 10.1 Å². The van der Waals surface area contributed by atoms with E-state index in [-0.39, 0.29) is 18.3 Å². The fourth-order valence-electron chi connectivity index (χ4n) is 2.94. The third-order valence-electron chi connectivity index (χ3n) is 4.54. The molecule has 0 spiro atoms. The molecule has 0 saturated carbocycles. The second kappa shape index (κ2) is 9.88. The average molecular weight is 469 g/mol. The number of anilines is 1. The highest BCUT2D eigenvalue weighted by molar-refractivity contribution is 7.99. The quantitative estimate of drug-likeness (QED) is 0.388. The van der Waals surface area contributed by atoms with Crippen molar-refractivity contribution in [3.63, 3.8) is 0 Å². The highest BCUT2D eigenvalue weighted by Crippen LogP contribution is 2.21. The van der Waals surface area contributed by atoms with Gasteiger partial charge in [-0.15, -0.1) is 10.2 Å². The molecule has 4 aromatic rings. The van der Waals surface area contributed by atoms with Crippen molar-refractivity contribution in [1.29, 1.82) is 0 Å². The van der Waals surface area contributed by atoms with E-state index in [0.717, 1.165) is 11.4 Å². The van der Waals surface area contributed by atoms with Crippen LogP contribution in [0.25, 0.3) is 5.69 Å². The summed E-state index contributed by atoms with van der Waals surface area (Å²) in [6, 6.07) is 18.6. The number of thioether (sulfide) groups is 1. The predicted molar refractivity (Wildman–Crippen MR) is 124 cm³/mol. The predicted octanol–water partition coefficient (Wildman–Crippen LogP) is 4.27. The number of ether oxygens (including phenoxy) is 1. The van der Waals surface area contributed by atoms with Gasteiger partial charge in [-0.1, -0.05) is 41.6 Å². The zero-order chi connectivity index (χ0) is 22.5. The van der Waals surface area contributed by atoms with Gasteiger partial charge < -0.3 is 14.6 Å². The van der Waals surface area contributed by atoms with E-state index in [4.69, 9.17) is 16.3 Å². The first-order chi connectivity index (χ1) is 15.5. The number of amides is 1. The molecule has 0 bridgehead atoms. The van der Waals surface area contributed by atoms with E-state index in [1.165, 1.54) is 11.8 Å². The first-order valence-electron chi connectivity index (χ1n) is 9.81. The Morgan fingerprint density at radius 1 is 1.12 bits per heavy atom. The highest BCUT2D eigenvalue weighted by Gasteiger charge is 2.14. The number of aryl methyl sites for hydroxylation is 1. The third-order valence-corrected chi connectivity index (χ3v) is 5.81. The number of carbonyl (C=O) groups is 1. The Kier molecular flexibility index (Phi) is 6.77. The number of carbonyl (C=O) groups excluding carboxylic acids is 1. The molecule has 0 unspecified atom stereocenters. The monoisotopic (exact) mass is 468 g/mol. The fourth-order valence-corrected chi connectivity index (χ4v) is 3.79. The summed E-state index contributed by atoms with van der Waals surface area (Å²) in [7, 11) is 1.84. The van der Waals surface area contributed by atoms with Gasteiger partial charge in [-0.3, -0.25) is 4.79 Å². The Morgan fingerprint density at radius 3 is 2.62 bits per heavy atom. The van der Waals surface area contributed by atoms with Gasteiger partial charge in [-0.25, -0.2) is 4.68 Å². The zero-order valence-corrected chi connectivity index (χ0v) is 19.1. The van der Waals surface area contributed by atoms with Crippen LogP contribution in [0.3, 0.4) is 0 Å². The molecule has 8 nitrogen and oxygen atoms in total. The number of hydrogen-bond acceptors (Lipinski definition) is 6. The summed E-state index contributed by atoms with van der Waals surface area (Å²) in [5.74, 6) is 1.99. The third kappa shape index (κ3) is 5.30. The molecule has 32 heavy (non-hydrogen) atoms. The Bertz CT molecular complexity index is 1210. The molecule has 0 radical (unpaired) electrons. The molecule has 2 aromatic heterocycles. The van der Waals surface area contributed by atoms with E-state index < -0.39 is 0 Å². The lowest BCUT2D eigenvalue weighted by Gasteiger charge is -2.09. The van der Waals surface area contributed by atoms with Crippen molar-refractivity contribution in [2.75, 3.05) is 11.1 Å².